The summed E-state index contributed by atoms with van der Waals surface area (Å²) < 4.78 is 6.49. The zero-order chi connectivity index (χ0) is 26.1. The van der Waals surface area contributed by atoms with Crippen molar-refractivity contribution < 1.29 is 4.52 Å². The van der Waals surface area contributed by atoms with Crippen LogP contribution in [0.15, 0.2) is 24.3 Å². The van der Waals surface area contributed by atoms with Crippen molar-refractivity contribution in [2.24, 2.45) is 17.6 Å². The Morgan fingerprint density at radius 1 is 0.743 bits per heavy atom. The van der Waals surface area contributed by atoms with E-state index in [0.29, 0.717) is 25.0 Å². The van der Waals surface area contributed by atoms with Gasteiger partial charge < -0.3 is 10.3 Å². The van der Waals surface area contributed by atoms with E-state index in [1.54, 1.807) is 0 Å². The Morgan fingerprint density at radius 2 is 1.14 bits per heavy atom. The molecule has 3 heteroatoms. The first-order valence-electron chi connectivity index (χ1n) is 13.6. The zero-order valence-electron chi connectivity index (χ0n) is 24.1. The van der Waals surface area contributed by atoms with Gasteiger partial charge in [0.25, 0.3) is 0 Å². The van der Waals surface area contributed by atoms with Crippen LogP contribution in [0.2, 0.25) is 0 Å². The Hall–Kier alpha value is -1.21. The van der Waals surface area contributed by atoms with Crippen molar-refractivity contribution in [2.75, 3.05) is 13.2 Å². The molecule has 2 nitrogen and oxygen atoms in total. The molecule has 1 aliphatic rings. The molecular formula is C32H50NOP. The Morgan fingerprint density at radius 3 is 1.46 bits per heavy atom. The first-order chi connectivity index (χ1) is 16.2. The Labute approximate surface area is 217 Å². The Kier molecular flexibility index (Phi) is 8.95. The summed E-state index contributed by atoms with van der Waals surface area (Å²) in [7, 11) is -0.637. The lowest BCUT2D eigenvalue weighted by atomic mass is 9.76. The standard InChI is InChI=1S/C32H50NOP/c1-21(2)13-23-15-25-26-16-24(14-22(3)4)18-30(32(8,9)10)28(26)20-35(34-12-11-33)19-27(25)29(17-23)31(5,6)7/h15-18,21-22H,11-14,19-20,33H2,1-10H3. The summed E-state index contributed by atoms with van der Waals surface area (Å²) in [6.45, 7) is 24.7. The normalized spacial score (nSPS) is 14.9. The van der Waals surface area contributed by atoms with Crippen molar-refractivity contribution in [3.05, 3.63) is 57.6 Å². The third-order valence-corrected chi connectivity index (χ3v) is 8.76. The van der Waals surface area contributed by atoms with Crippen LogP contribution in [0.5, 0.6) is 0 Å². The number of rotatable bonds is 7. The topological polar surface area (TPSA) is 35.2 Å². The SMILES string of the molecule is CC(C)Cc1cc2c(c(C(C)(C)C)c1)CP(OCCN)Cc1c-2cc(CC(C)C)cc1C(C)(C)C. The molecule has 0 unspecified atom stereocenters. The van der Waals surface area contributed by atoms with Gasteiger partial charge in [-0.25, -0.2) is 0 Å². The van der Waals surface area contributed by atoms with E-state index in [1.807, 2.05) is 0 Å². The summed E-state index contributed by atoms with van der Waals surface area (Å²) in [6, 6.07) is 10.1. The molecule has 2 N–H and O–H groups in total. The van der Waals surface area contributed by atoms with Gasteiger partial charge in [0.15, 0.2) is 0 Å². The van der Waals surface area contributed by atoms with Crippen LogP contribution < -0.4 is 5.73 Å². The number of hydrogen-bond acceptors (Lipinski definition) is 2. The van der Waals surface area contributed by atoms with Gasteiger partial charge in [-0.1, -0.05) is 93.5 Å². The van der Waals surface area contributed by atoms with E-state index in [4.69, 9.17) is 10.3 Å². The molecule has 2 aromatic rings. The van der Waals surface area contributed by atoms with E-state index in [1.165, 1.54) is 44.5 Å². The predicted molar refractivity (Wildman–Crippen MR) is 156 cm³/mol. The van der Waals surface area contributed by atoms with E-state index in [-0.39, 0.29) is 10.8 Å². The van der Waals surface area contributed by atoms with Crippen LogP contribution in [0.3, 0.4) is 0 Å². The van der Waals surface area contributed by atoms with Gasteiger partial charge in [0.1, 0.15) is 0 Å². The van der Waals surface area contributed by atoms with Crippen molar-refractivity contribution in [3.8, 4) is 11.1 Å². The van der Waals surface area contributed by atoms with Gasteiger partial charge in [0, 0.05) is 27.0 Å². The highest BCUT2D eigenvalue weighted by Crippen LogP contribution is 2.54. The van der Waals surface area contributed by atoms with Gasteiger partial charge in [-0.2, -0.15) is 0 Å². The fourth-order valence-corrected chi connectivity index (χ4v) is 7.53. The summed E-state index contributed by atoms with van der Waals surface area (Å²) >= 11 is 0. The molecule has 0 aliphatic carbocycles. The van der Waals surface area contributed by atoms with Crippen molar-refractivity contribution in [1.29, 1.82) is 0 Å². The van der Waals surface area contributed by atoms with Crippen LogP contribution in [0.25, 0.3) is 11.1 Å². The van der Waals surface area contributed by atoms with Gasteiger partial charge in [-0.15, -0.1) is 0 Å². The van der Waals surface area contributed by atoms with Gasteiger partial charge in [-0.3, -0.25) is 0 Å². The molecule has 194 valence electrons. The van der Waals surface area contributed by atoms with Crippen molar-refractivity contribution >= 4 is 8.15 Å². The zero-order valence-corrected chi connectivity index (χ0v) is 25.0. The van der Waals surface area contributed by atoms with E-state index in [0.717, 1.165) is 25.2 Å². The van der Waals surface area contributed by atoms with Crippen LogP contribution in [-0.4, -0.2) is 13.2 Å². The molecule has 1 heterocycles. The van der Waals surface area contributed by atoms with Crippen LogP contribution in [0.1, 0.15) is 103 Å². The lowest BCUT2D eigenvalue weighted by Crippen LogP contribution is -2.17. The maximum atomic E-state index is 6.49. The van der Waals surface area contributed by atoms with Gasteiger partial charge >= 0.3 is 0 Å². The van der Waals surface area contributed by atoms with Gasteiger partial charge in [-0.05, 0) is 80.0 Å². The van der Waals surface area contributed by atoms with Crippen molar-refractivity contribution in [2.45, 2.75) is 105 Å². The molecule has 0 spiro atoms. The summed E-state index contributed by atoms with van der Waals surface area (Å²) in [5.74, 6) is 1.27. The maximum absolute atomic E-state index is 6.49. The summed E-state index contributed by atoms with van der Waals surface area (Å²) in [4.78, 5) is 0. The third-order valence-electron chi connectivity index (χ3n) is 6.87. The van der Waals surface area contributed by atoms with E-state index in [9.17, 15) is 0 Å². The second-order valence-electron chi connectivity index (χ2n) is 13.5. The Bertz CT molecular complexity index is 944. The fraction of sp³-hybridized carbons (Fsp3) is 0.625. The highest BCUT2D eigenvalue weighted by Gasteiger charge is 2.32. The first kappa shape index (κ1) is 28.4. The first-order valence-corrected chi connectivity index (χ1v) is 15.2. The predicted octanol–water partition coefficient (Wildman–Crippen LogP) is 8.73. The molecule has 0 amide bonds. The quantitative estimate of drug-likeness (QED) is 0.390. The Balaban J connectivity index is 2.40. The number of benzene rings is 2. The van der Waals surface area contributed by atoms with Gasteiger partial charge in [0.05, 0.1) is 6.61 Å². The second-order valence-corrected chi connectivity index (χ2v) is 15.3. The van der Waals surface area contributed by atoms with E-state index in [2.05, 4.69) is 93.5 Å². The molecule has 0 fully saturated rings. The lowest BCUT2D eigenvalue weighted by Gasteiger charge is -2.28. The third kappa shape index (κ3) is 6.97. The molecule has 0 saturated carbocycles. The number of fused-ring (bicyclic) bond motifs is 3. The molecule has 0 radical (unpaired) electrons. The van der Waals surface area contributed by atoms with E-state index >= 15 is 0 Å². The van der Waals surface area contributed by atoms with Crippen LogP contribution >= 0.6 is 8.15 Å². The molecule has 35 heavy (non-hydrogen) atoms. The molecular weight excluding hydrogens is 445 g/mol. The summed E-state index contributed by atoms with van der Waals surface area (Å²) in [5, 5.41) is 0. The fourth-order valence-electron chi connectivity index (χ4n) is 5.48. The average Bonchev–Trinajstić information content (AvgIpc) is 2.85. The monoisotopic (exact) mass is 495 g/mol. The second kappa shape index (κ2) is 11.0. The lowest BCUT2D eigenvalue weighted by molar-refractivity contribution is 0.362. The molecule has 1 aliphatic heterocycles. The van der Waals surface area contributed by atoms with Crippen molar-refractivity contribution in [1.82, 2.24) is 0 Å². The largest absolute Gasteiger partial charge is 0.357 e. The minimum Gasteiger partial charge on any atom is -0.357 e. The number of nitrogens with two attached hydrogens (primary N) is 1. The molecule has 0 atom stereocenters. The minimum atomic E-state index is -0.637. The smallest absolute Gasteiger partial charge is 0.0631 e. The molecule has 0 aromatic heterocycles. The highest BCUT2D eigenvalue weighted by atomic mass is 31.1. The van der Waals surface area contributed by atoms with Crippen LogP contribution in [-0.2, 0) is 40.5 Å². The van der Waals surface area contributed by atoms with Crippen molar-refractivity contribution in [3.63, 3.8) is 0 Å². The minimum absolute atomic E-state index is 0.0822. The molecule has 2 aromatic carbocycles. The maximum Gasteiger partial charge on any atom is 0.0631 e. The van der Waals surface area contributed by atoms with E-state index < -0.39 is 8.15 Å². The summed E-state index contributed by atoms with van der Waals surface area (Å²) in [6.07, 6.45) is 4.25. The van der Waals surface area contributed by atoms with Crippen LogP contribution in [0.4, 0.5) is 0 Å². The molecule has 0 bridgehead atoms. The number of hydrogen-bond donors (Lipinski definition) is 1. The molecule has 0 saturated heterocycles. The van der Waals surface area contributed by atoms with Crippen LogP contribution in [0, 0.1) is 11.8 Å². The molecule has 3 rings (SSSR count). The van der Waals surface area contributed by atoms with Gasteiger partial charge in [0.2, 0.25) is 0 Å². The summed E-state index contributed by atoms with van der Waals surface area (Å²) in [5.41, 5.74) is 17.9. The highest BCUT2D eigenvalue weighted by molar-refractivity contribution is 7.50. The average molecular weight is 496 g/mol.